The fourth-order valence-corrected chi connectivity index (χ4v) is 2.97. The first-order chi connectivity index (χ1) is 10.2. The molecule has 2 N–H and O–H groups in total. The van der Waals surface area contributed by atoms with Gasteiger partial charge in [-0.15, -0.1) is 0 Å². The van der Waals surface area contributed by atoms with Crippen molar-refractivity contribution in [2.75, 3.05) is 19.6 Å². The predicted molar refractivity (Wildman–Crippen MR) is 84.3 cm³/mol. The van der Waals surface area contributed by atoms with Gasteiger partial charge in [0.2, 0.25) is 0 Å². The van der Waals surface area contributed by atoms with Gasteiger partial charge in [-0.05, 0) is 37.1 Å². The molecule has 0 spiro atoms. The Kier molecular flexibility index (Phi) is 4.07. The van der Waals surface area contributed by atoms with Crippen molar-refractivity contribution in [3.63, 3.8) is 0 Å². The molecule has 2 aromatic rings. The number of rotatable bonds is 3. The SMILES string of the molecule is NC[C@@H]1CCN(C(=O)c2cnn(-c3cccc(Br)c3)c2)C1. The highest BCUT2D eigenvalue weighted by atomic mass is 79.9. The predicted octanol–water partition coefficient (Wildman–Crippen LogP) is 2.06. The molecule has 6 heteroatoms. The van der Waals surface area contributed by atoms with Crippen LogP contribution in [0.15, 0.2) is 41.1 Å². The summed E-state index contributed by atoms with van der Waals surface area (Å²) >= 11 is 3.44. The van der Waals surface area contributed by atoms with E-state index in [0.717, 1.165) is 29.7 Å². The molecule has 1 aromatic carbocycles. The molecule has 1 aromatic heterocycles. The lowest BCUT2D eigenvalue weighted by molar-refractivity contribution is 0.0787. The highest BCUT2D eigenvalue weighted by Crippen LogP contribution is 2.19. The molecule has 0 bridgehead atoms. The first-order valence-corrected chi connectivity index (χ1v) is 7.76. The molecule has 1 aliphatic rings. The summed E-state index contributed by atoms with van der Waals surface area (Å²) in [5.74, 6) is 0.460. The zero-order chi connectivity index (χ0) is 14.8. The summed E-state index contributed by atoms with van der Waals surface area (Å²) in [6.07, 6.45) is 4.39. The Labute approximate surface area is 131 Å². The number of benzene rings is 1. The normalized spacial score (nSPS) is 18.2. The number of carbonyl (C=O) groups excluding carboxylic acids is 1. The Bertz CT molecular complexity index is 655. The second-order valence-electron chi connectivity index (χ2n) is 5.30. The minimum Gasteiger partial charge on any atom is -0.338 e. The van der Waals surface area contributed by atoms with E-state index in [1.54, 1.807) is 17.1 Å². The van der Waals surface area contributed by atoms with Gasteiger partial charge in [0.05, 0.1) is 17.4 Å². The zero-order valence-corrected chi connectivity index (χ0v) is 13.2. The smallest absolute Gasteiger partial charge is 0.257 e. The van der Waals surface area contributed by atoms with Crippen molar-refractivity contribution in [3.8, 4) is 5.69 Å². The van der Waals surface area contributed by atoms with E-state index in [4.69, 9.17) is 5.73 Å². The third-order valence-electron chi connectivity index (χ3n) is 3.81. The van der Waals surface area contributed by atoms with E-state index in [1.807, 2.05) is 29.2 Å². The van der Waals surface area contributed by atoms with Gasteiger partial charge in [0.15, 0.2) is 0 Å². The number of hydrogen-bond acceptors (Lipinski definition) is 3. The van der Waals surface area contributed by atoms with Crippen molar-refractivity contribution in [2.24, 2.45) is 11.7 Å². The average molecular weight is 349 g/mol. The summed E-state index contributed by atoms with van der Waals surface area (Å²) in [5.41, 5.74) is 7.21. The first kappa shape index (κ1) is 14.3. The number of nitrogens with two attached hydrogens (primary N) is 1. The van der Waals surface area contributed by atoms with Crippen LogP contribution in [0.4, 0.5) is 0 Å². The fraction of sp³-hybridized carbons (Fsp3) is 0.333. The van der Waals surface area contributed by atoms with E-state index >= 15 is 0 Å². The number of nitrogens with zero attached hydrogens (tertiary/aromatic N) is 3. The van der Waals surface area contributed by atoms with E-state index in [0.29, 0.717) is 18.0 Å². The van der Waals surface area contributed by atoms with Gasteiger partial charge in [-0.25, -0.2) is 4.68 Å². The van der Waals surface area contributed by atoms with E-state index in [-0.39, 0.29) is 5.91 Å². The second-order valence-corrected chi connectivity index (χ2v) is 6.21. The van der Waals surface area contributed by atoms with Crippen LogP contribution >= 0.6 is 15.9 Å². The molecule has 0 saturated carbocycles. The molecule has 1 aliphatic heterocycles. The molecule has 0 aliphatic carbocycles. The van der Waals surface area contributed by atoms with E-state index in [9.17, 15) is 4.79 Å². The van der Waals surface area contributed by atoms with Gasteiger partial charge in [0.1, 0.15) is 0 Å². The largest absolute Gasteiger partial charge is 0.338 e. The molecule has 1 amide bonds. The number of hydrogen-bond donors (Lipinski definition) is 1. The monoisotopic (exact) mass is 348 g/mol. The first-order valence-electron chi connectivity index (χ1n) is 6.97. The highest BCUT2D eigenvalue weighted by Gasteiger charge is 2.26. The number of carbonyl (C=O) groups is 1. The third-order valence-corrected chi connectivity index (χ3v) is 4.30. The van der Waals surface area contributed by atoms with Crippen LogP contribution in [0.25, 0.3) is 5.69 Å². The molecule has 110 valence electrons. The molecule has 1 saturated heterocycles. The van der Waals surface area contributed by atoms with Crippen molar-refractivity contribution >= 4 is 21.8 Å². The standard InChI is InChI=1S/C15H17BrN4O/c16-13-2-1-3-14(6-13)20-10-12(8-18-20)15(21)19-5-4-11(7-17)9-19/h1-3,6,8,10-11H,4-5,7,9,17H2/t11-/m0/s1. The minimum atomic E-state index is 0.0344. The molecule has 5 nitrogen and oxygen atoms in total. The summed E-state index contributed by atoms with van der Waals surface area (Å²) in [5, 5.41) is 4.28. The van der Waals surface area contributed by atoms with Crippen molar-refractivity contribution in [1.82, 2.24) is 14.7 Å². The van der Waals surface area contributed by atoms with E-state index < -0.39 is 0 Å². The maximum atomic E-state index is 12.4. The van der Waals surface area contributed by atoms with E-state index in [2.05, 4.69) is 21.0 Å². The third kappa shape index (κ3) is 3.01. The fourth-order valence-electron chi connectivity index (χ4n) is 2.59. The van der Waals surface area contributed by atoms with Gasteiger partial charge in [-0.2, -0.15) is 5.10 Å². The molecular weight excluding hydrogens is 332 g/mol. The topological polar surface area (TPSA) is 64.2 Å². The molecule has 0 unspecified atom stereocenters. The van der Waals surface area contributed by atoms with Gasteiger partial charge in [0, 0.05) is 23.8 Å². The molecule has 21 heavy (non-hydrogen) atoms. The minimum absolute atomic E-state index is 0.0344. The van der Waals surface area contributed by atoms with Crippen LogP contribution in [-0.2, 0) is 0 Å². The van der Waals surface area contributed by atoms with Gasteiger partial charge in [-0.1, -0.05) is 22.0 Å². The number of likely N-dealkylation sites (tertiary alicyclic amines) is 1. The van der Waals surface area contributed by atoms with Crippen LogP contribution in [0.2, 0.25) is 0 Å². The molecule has 2 heterocycles. The summed E-state index contributed by atoms with van der Waals surface area (Å²) < 4.78 is 2.70. The van der Waals surface area contributed by atoms with Crippen molar-refractivity contribution < 1.29 is 4.79 Å². The van der Waals surface area contributed by atoms with Gasteiger partial charge in [0.25, 0.3) is 5.91 Å². The van der Waals surface area contributed by atoms with Crippen molar-refractivity contribution in [1.29, 1.82) is 0 Å². The molecule has 1 atom stereocenters. The Balaban J connectivity index is 1.77. The Hall–Kier alpha value is -1.66. The average Bonchev–Trinajstić information content (AvgIpc) is 3.16. The molecule has 0 radical (unpaired) electrons. The van der Waals surface area contributed by atoms with Gasteiger partial charge < -0.3 is 10.6 Å². The van der Waals surface area contributed by atoms with Crippen LogP contribution < -0.4 is 5.73 Å². The van der Waals surface area contributed by atoms with Gasteiger partial charge in [-0.3, -0.25) is 4.79 Å². The molecule has 1 fully saturated rings. The van der Waals surface area contributed by atoms with Crippen molar-refractivity contribution in [2.45, 2.75) is 6.42 Å². The maximum Gasteiger partial charge on any atom is 0.257 e. The molecule has 3 rings (SSSR count). The Morgan fingerprint density at radius 3 is 3.05 bits per heavy atom. The van der Waals surface area contributed by atoms with Gasteiger partial charge >= 0.3 is 0 Å². The van der Waals surface area contributed by atoms with E-state index in [1.165, 1.54) is 0 Å². The van der Waals surface area contributed by atoms with Crippen LogP contribution in [0.3, 0.4) is 0 Å². The molecular formula is C15H17BrN4O. The lowest BCUT2D eigenvalue weighted by atomic mass is 10.1. The lowest BCUT2D eigenvalue weighted by Gasteiger charge is -2.14. The quantitative estimate of drug-likeness (QED) is 0.923. The summed E-state index contributed by atoms with van der Waals surface area (Å²) in [6.45, 7) is 2.17. The highest BCUT2D eigenvalue weighted by molar-refractivity contribution is 9.10. The Morgan fingerprint density at radius 1 is 1.48 bits per heavy atom. The summed E-state index contributed by atoms with van der Waals surface area (Å²) in [7, 11) is 0. The van der Waals surface area contributed by atoms with Crippen molar-refractivity contribution in [3.05, 3.63) is 46.7 Å². The van der Waals surface area contributed by atoms with Crippen LogP contribution in [-0.4, -0.2) is 40.2 Å². The summed E-state index contributed by atoms with van der Waals surface area (Å²) in [6, 6.07) is 7.80. The second kappa shape index (κ2) is 5.99. The number of halogens is 1. The maximum absolute atomic E-state index is 12.4. The van der Waals surface area contributed by atoms with Crippen LogP contribution in [0.1, 0.15) is 16.8 Å². The Morgan fingerprint density at radius 2 is 2.33 bits per heavy atom. The number of aromatic nitrogens is 2. The zero-order valence-electron chi connectivity index (χ0n) is 11.6. The lowest BCUT2D eigenvalue weighted by Crippen LogP contribution is -2.29. The van der Waals surface area contributed by atoms with Crippen LogP contribution in [0.5, 0.6) is 0 Å². The summed E-state index contributed by atoms with van der Waals surface area (Å²) in [4.78, 5) is 14.3. The number of amides is 1. The van der Waals surface area contributed by atoms with Crippen LogP contribution in [0, 0.1) is 5.92 Å².